The number of hydrogen-bond donors (Lipinski definition) is 1. The van der Waals surface area contributed by atoms with Crippen LogP contribution in [0.4, 0.5) is 10.8 Å². The highest BCUT2D eigenvalue weighted by molar-refractivity contribution is 9.10. The fourth-order valence-electron chi connectivity index (χ4n) is 3.03. The van der Waals surface area contributed by atoms with Gasteiger partial charge in [0.15, 0.2) is 16.6 Å². The number of fused-ring (bicyclic) bond motifs is 1. The molecule has 0 saturated carbocycles. The Morgan fingerprint density at radius 2 is 1.89 bits per heavy atom. The first-order valence-electron chi connectivity index (χ1n) is 8.80. The molecule has 0 atom stereocenters. The zero-order chi connectivity index (χ0) is 19.0. The molecule has 0 bridgehead atoms. The molecule has 3 aromatic rings. The average Bonchev–Trinajstić information content (AvgIpc) is 3.23. The van der Waals surface area contributed by atoms with Gasteiger partial charge in [-0.1, -0.05) is 39.0 Å². The summed E-state index contributed by atoms with van der Waals surface area (Å²) >= 11 is 5.29. The molecule has 0 aliphatic carbocycles. The van der Waals surface area contributed by atoms with Crippen LogP contribution in [-0.4, -0.2) is 11.8 Å². The Kier molecular flexibility index (Phi) is 4.86. The summed E-state index contributed by atoms with van der Waals surface area (Å²) in [6, 6.07) is 14.2. The van der Waals surface area contributed by atoms with E-state index in [-0.39, 0.29) is 5.41 Å². The van der Waals surface area contributed by atoms with Crippen molar-refractivity contribution in [3.8, 4) is 11.5 Å². The molecule has 1 aromatic heterocycles. The van der Waals surface area contributed by atoms with Crippen LogP contribution in [-0.2, 0) is 11.8 Å². The van der Waals surface area contributed by atoms with Crippen molar-refractivity contribution in [2.24, 2.45) is 0 Å². The summed E-state index contributed by atoms with van der Waals surface area (Å²) in [5.74, 6) is 1.64. The highest BCUT2D eigenvalue weighted by atomic mass is 79.9. The Bertz CT molecular complexity index is 979. The van der Waals surface area contributed by atoms with Crippen LogP contribution in [0.2, 0.25) is 0 Å². The highest BCUT2D eigenvalue weighted by Crippen LogP contribution is 2.38. The van der Waals surface area contributed by atoms with Crippen LogP contribution in [0.15, 0.2) is 46.9 Å². The SMILES string of the molecule is CC(C)(C)c1nc(Nc2ccccc2Br)sc1Cc1ccc2c(c1)OCO2. The van der Waals surface area contributed by atoms with Crippen molar-refractivity contribution >= 4 is 38.1 Å². The molecule has 6 heteroatoms. The highest BCUT2D eigenvalue weighted by Gasteiger charge is 2.24. The van der Waals surface area contributed by atoms with Gasteiger partial charge in [-0.05, 0) is 45.8 Å². The Labute approximate surface area is 171 Å². The second-order valence-corrected chi connectivity index (χ2v) is 9.45. The Morgan fingerprint density at radius 3 is 2.67 bits per heavy atom. The van der Waals surface area contributed by atoms with Crippen molar-refractivity contribution in [3.05, 3.63) is 63.1 Å². The van der Waals surface area contributed by atoms with Gasteiger partial charge in [0.1, 0.15) is 0 Å². The number of benzene rings is 2. The van der Waals surface area contributed by atoms with Crippen LogP contribution in [0, 0.1) is 0 Å². The number of anilines is 2. The topological polar surface area (TPSA) is 43.4 Å². The van der Waals surface area contributed by atoms with Gasteiger partial charge in [0, 0.05) is 21.2 Å². The second-order valence-electron chi connectivity index (χ2n) is 7.51. The van der Waals surface area contributed by atoms with Crippen molar-refractivity contribution in [2.75, 3.05) is 12.1 Å². The Hall–Kier alpha value is -2.05. The summed E-state index contributed by atoms with van der Waals surface area (Å²) in [6.07, 6.45) is 0.818. The zero-order valence-corrected chi connectivity index (χ0v) is 17.9. The molecule has 0 spiro atoms. The average molecular weight is 445 g/mol. The van der Waals surface area contributed by atoms with Crippen LogP contribution in [0.5, 0.6) is 11.5 Å². The molecule has 0 fully saturated rings. The van der Waals surface area contributed by atoms with E-state index in [2.05, 4.69) is 54.2 Å². The Balaban J connectivity index is 1.65. The minimum Gasteiger partial charge on any atom is -0.454 e. The van der Waals surface area contributed by atoms with Gasteiger partial charge in [0.2, 0.25) is 6.79 Å². The number of para-hydroxylation sites is 1. The van der Waals surface area contributed by atoms with Crippen LogP contribution < -0.4 is 14.8 Å². The number of nitrogens with one attached hydrogen (secondary N) is 1. The lowest BCUT2D eigenvalue weighted by atomic mass is 9.90. The number of ether oxygens (including phenoxy) is 2. The van der Waals surface area contributed by atoms with E-state index in [4.69, 9.17) is 14.5 Å². The molecule has 0 amide bonds. The first kappa shape index (κ1) is 18.3. The van der Waals surface area contributed by atoms with E-state index in [1.807, 2.05) is 30.3 Å². The number of aromatic nitrogens is 1. The fourth-order valence-corrected chi connectivity index (χ4v) is 4.63. The standard InChI is InChI=1S/C21H21BrN2O2S/c1-21(2,3)19-18(11-13-8-9-16-17(10-13)26-12-25-16)27-20(24-19)23-15-7-5-4-6-14(15)22/h4-10H,11-12H2,1-3H3,(H,23,24). The predicted molar refractivity (Wildman–Crippen MR) is 114 cm³/mol. The molecule has 140 valence electrons. The summed E-state index contributed by atoms with van der Waals surface area (Å²) in [5, 5.41) is 4.35. The van der Waals surface area contributed by atoms with Crippen molar-refractivity contribution in [3.63, 3.8) is 0 Å². The lowest BCUT2D eigenvalue weighted by Gasteiger charge is -2.17. The molecule has 0 radical (unpaired) electrons. The van der Waals surface area contributed by atoms with E-state index in [0.29, 0.717) is 6.79 Å². The number of rotatable bonds is 4. The van der Waals surface area contributed by atoms with Gasteiger partial charge >= 0.3 is 0 Å². The van der Waals surface area contributed by atoms with Crippen LogP contribution in [0.1, 0.15) is 36.9 Å². The molecule has 0 saturated heterocycles. The number of thiazole rings is 1. The maximum Gasteiger partial charge on any atom is 0.231 e. The van der Waals surface area contributed by atoms with Crippen molar-refractivity contribution in [1.82, 2.24) is 4.98 Å². The lowest BCUT2D eigenvalue weighted by Crippen LogP contribution is -2.14. The van der Waals surface area contributed by atoms with Crippen molar-refractivity contribution in [2.45, 2.75) is 32.6 Å². The Morgan fingerprint density at radius 1 is 1.11 bits per heavy atom. The maximum absolute atomic E-state index is 5.52. The monoisotopic (exact) mass is 444 g/mol. The number of nitrogens with zero attached hydrogens (tertiary/aromatic N) is 1. The van der Waals surface area contributed by atoms with Gasteiger partial charge in [0.05, 0.1) is 11.4 Å². The van der Waals surface area contributed by atoms with E-state index < -0.39 is 0 Å². The van der Waals surface area contributed by atoms with E-state index in [1.165, 1.54) is 10.4 Å². The largest absolute Gasteiger partial charge is 0.454 e. The molecule has 27 heavy (non-hydrogen) atoms. The van der Waals surface area contributed by atoms with Gasteiger partial charge in [-0.3, -0.25) is 0 Å². The third-order valence-corrected chi connectivity index (χ3v) is 5.99. The van der Waals surface area contributed by atoms with Gasteiger partial charge in [-0.15, -0.1) is 11.3 Å². The summed E-state index contributed by atoms with van der Waals surface area (Å²) in [4.78, 5) is 6.18. The van der Waals surface area contributed by atoms with Crippen LogP contribution in [0.3, 0.4) is 0 Å². The normalized spacial score (nSPS) is 13.0. The van der Waals surface area contributed by atoms with E-state index >= 15 is 0 Å². The summed E-state index contributed by atoms with van der Waals surface area (Å²) in [6.45, 7) is 6.90. The molecule has 4 rings (SSSR count). The van der Waals surface area contributed by atoms with Crippen LogP contribution in [0.25, 0.3) is 0 Å². The molecule has 1 aliphatic heterocycles. The van der Waals surface area contributed by atoms with Gasteiger partial charge in [0.25, 0.3) is 0 Å². The summed E-state index contributed by atoms with van der Waals surface area (Å²) in [7, 11) is 0. The third kappa shape index (κ3) is 3.96. The van der Waals surface area contributed by atoms with Crippen molar-refractivity contribution < 1.29 is 9.47 Å². The molecule has 0 unspecified atom stereocenters. The molecule has 1 N–H and O–H groups in total. The zero-order valence-electron chi connectivity index (χ0n) is 15.5. The molecular weight excluding hydrogens is 424 g/mol. The summed E-state index contributed by atoms with van der Waals surface area (Å²) in [5.41, 5.74) is 3.30. The van der Waals surface area contributed by atoms with Crippen molar-refractivity contribution in [1.29, 1.82) is 0 Å². The van der Waals surface area contributed by atoms with Gasteiger partial charge < -0.3 is 14.8 Å². The number of hydrogen-bond acceptors (Lipinski definition) is 5. The van der Waals surface area contributed by atoms with Gasteiger partial charge in [-0.25, -0.2) is 4.98 Å². The van der Waals surface area contributed by atoms with Crippen LogP contribution >= 0.6 is 27.3 Å². The minimum atomic E-state index is -0.0317. The smallest absolute Gasteiger partial charge is 0.231 e. The molecule has 2 heterocycles. The second kappa shape index (κ2) is 7.17. The quantitative estimate of drug-likeness (QED) is 0.514. The number of halogens is 1. The maximum atomic E-state index is 5.52. The van der Waals surface area contributed by atoms with E-state index in [1.54, 1.807) is 11.3 Å². The van der Waals surface area contributed by atoms with Gasteiger partial charge in [-0.2, -0.15) is 0 Å². The van der Waals surface area contributed by atoms with E-state index in [0.717, 1.165) is 38.9 Å². The first-order valence-corrected chi connectivity index (χ1v) is 10.4. The molecule has 4 nitrogen and oxygen atoms in total. The van der Waals surface area contributed by atoms with E-state index in [9.17, 15) is 0 Å². The molecular formula is C21H21BrN2O2S. The predicted octanol–water partition coefficient (Wildman–Crippen LogP) is 6.27. The lowest BCUT2D eigenvalue weighted by molar-refractivity contribution is 0.174. The molecule has 1 aliphatic rings. The first-order chi connectivity index (χ1) is 12.9. The minimum absolute atomic E-state index is 0.0317. The third-order valence-electron chi connectivity index (χ3n) is 4.32. The molecule has 2 aromatic carbocycles. The summed E-state index contributed by atoms with van der Waals surface area (Å²) < 4.78 is 12.0. The fraction of sp³-hybridized carbons (Fsp3) is 0.286.